The van der Waals surface area contributed by atoms with Gasteiger partial charge in [-0.25, -0.2) is 9.59 Å². The number of carboxylic acids is 1. The van der Waals surface area contributed by atoms with Crippen molar-refractivity contribution in [3.05, 3.63) is 59.7 Å². The fraction of sp³-hybridized carbons (Fsp3) is 0.273. The molecule has 0 unspecified atom stereocenters. The number of amides is 1. The van der Waals surface area contributed by atoms with Crippen molar-refractivity contribution in [1.82, 2.24) is 5.32 Å². The lowest BCUT2D eigenvalue weighted by Gasteiger charge is -2.41. The predicted octanol–water partition coefficient (Wildman–Crippen LogP) is 3.39. The molecule has 136 valence electrons. The van der Waals surface area contributed by atoms with Gasteiger partial charge in [0.1, 0.15) is 12.1 Å². The summed E-state index contributed by atoms with van der Waals surface area (Å²) in [7, 11) is 0. The number of terminal acetylenes is 1. The van der Waals surface area contributed by atoms with E-state index in [1.165, 1.54) is 0 Å². The SMILES string of the molecule is C#CC1CC(NC(=O)OCC2c3ccccc3-c3ccccc32)(C(=O)O)C1. The number of hydrogen-bond acceptors (Lipinski definition) is 3. The number of hydrogen-bond donors (Lipinski definition) is 2. The molecule has 2 aliphatic carbocycles. The van der Waals surface area contributed by atoms with Crippen LogP contribution in [-0.2, 0) is 9.53 Å². The zero-order chi connectivity index (χ0) is 19.0. The summed E-state index contributed by atoms with van der Waals surface area (Å²) in [6, 6.07) is 16.1. The molecule has 2 aromatic carbocycles. The molecule has 0 aromatic heterocycles. The maximum Gasteiger partial charge on any atom is 0.408 e. The van der Waals surface area contributed by atoms with Crippen molar-refractivity contribution in [2.24, 2.45) is 5.92 Å². The average Bonchev–Trinajstić information content (AvgIpc) is 2.96. The molecule has 2 aliphatic rings. The Kier molecular flexibility index (Phi) is 4.12. The lowest BCUT2D eigenvalue weighted by Crippen LogP contribution is -2.62. The van der Waals surface area contributed by atoms with Gasteiger partial charge in [0.15, 0.2) is 0 Å². The van der Waals surface area contributed by atoms with E-state index in [0.717, 1.165) is 22.3 Å². The van der Waals surface area contributed by atoms with E-state index in [4.69, 9.17) is 11.2 Å². The summed E-state index contributed by atoms with van der Waals surface area (Å²) < 4.78 is 5.43. The number of ether oxygens (including phenoxy) is 1. The van der Waals surface area contributed by atoms with Crippen LogP contribution in [0.2, 0.25) is 0 Å². The topological polar surface area (TPSA) is 75.6 Å². The Hall–Kier alpha value is -3.26. The Bertz CT molecular complexity index is 907. The number of benzene rings is 2. The molecule has 0 aliphatic heterocycles. The Labute approximate surface area is 157 Å². The molecule has 4 rings (SSSR count). The molecule has 1 saturated carbocycles. The molecule has 27 heavy (non-hydrogen) atoms. The Morgan fingerprint density at radius 3 is 2.19 bits per heavy atom. The number of aliphatic carboxylic acids is 1. The minimum Gasteiger partial charge on any atom is -0.480 e. The number of rotatable bonds is 4. The number of alkyl carbamates (subject to hydrolysis) is 1. The third-order valence-corrected chi connectivity index (χ3v) is 5.52. The van der Waals surface area contributed by atoms with E-state index < -0.39 is 17.6 Å². The summed E-state index contributed by atoms with van der Waals surface area (Å²) in [4.78, 5) is 23.8. The first-order valence-electron chi connectivity index (χ1n) is 8.87. The maximum absolute atomic E-state index is 12.3. The first-order chi connectivity index (χ1) is 13.0. The highest BCUT2D eigenvalue weighted by atomic mass is 16.5. The van der Waals surface area contributed by atoms with Crippen LogP contribution >= 0.6 is 0 Å². The number of fused-ring (bicyclic) bond motifs is 3. The fourth-order valence-corrected chi connectivity index (χ4v) is 4.06. The number of carbonyl (C=O) groups is 2. The van der Waals surface area contributed by atoms with Crippen LogP contribution in [0.4, 0.5) is 4.79 Å². The van der Waals surface area contributed by atoms with Crippen molar-refractivity contribution in [1.29, 1.82) is 0 Å². The molecule has 0 spiro atoms. The molecule has 5 heteroatoms. The van der Waals surface area contributed by atoms with Gasteiger partial charge in [-0.3, -0.25) is 0 Å². The quantitative estimate of drug-likeness (QED) is 0.819. The first-order valence-corrected chi connectivity index (χ1v) is 8.87. The van der Waals surface area contributed by atoms with E-state index in [9.17, 15) is 14.7 Å². The molecule has 1 fully saturated rings. The maximum atomic E-state index is 12.3. The van der Waals surface area contributed by atoms with Gasteiger partial charge in [-0.15, -0.1) is 12.3 Å². The molecular formula is C22H19NO4. The second-order valence-corrected chi connectivity index (χ2v) is 7.11. The van der Waals surface area contributed by atoms with Crippen LogP contribution in [0.15, 0.2) is 48.5 Å². The Balaban J connectivity index is 1.47. The van der Waals surface area contributed by atoms with Crippen molar-refractivity contribution in [2.75, 3.05) is 6.61 Å². The van der Waals surface area contributed by atoms with Gasteiger partial charge in [0.2, 0.25) is 0 Å². The van der Waals surface area contributed by atoms with Gasteiger partial charge >= 0.3 is 12.1 Å². The highest BCUT2D eigenvalue weighted by Gasteiger charge is 2.51. The number of carboxylic acid groups (broad SMARTS) is 1. The van der Waals surface area contributed by atoms with E-state index in [1.807, 2.05) is 36.4 Å². The molecular weight excluding hydrogens is 342 g/mol. The van der Waals surface area contributed by atoms with Gasteiger partial charge in [0.25, 0.3) is 0 Å². The summed E-state index contributed by atoms with van der Waals surface area (Å²) in [5.41, 5.74) is 3.17. The van der Waals surface area contributed by atoms with Crippen molar-refractivity contribution >= 4 is 12.1 Å². The highest BCUT2D eigenvalue weighted by Crippen LogP contribution is 2.44. The minimum atomic E-state index is -1.32. The molecule has 0 saturated heterocycles. The minimum absolute atomic E-state index is 0.0659. The largest absolute Gasteiger partial charge is 0.480 e. The summed E-state index contributed by atoms with van der Waals surface area (Å²) in [6.45, 7) is 0.147. The van der Waals surface area contributed by atoms with Crippen LogP contribution in [0.1, 0.15) is 29.9 Å². The van der Waals surface area contributed by atoms with E-state index in [-0.39, 0.29) is 31.3 Å². The van der Waals surface area contributed by atoms with Crippen LogP contribution in [0.3, 0.4) is 0 Å². The Morgan fingerprint density at radius 2 is 1.67 bits per heavy atom. The molecule has 0 atom stereocenters. The predicted molar refractivity (Wildman–Crippen MR) is 100 cm³/mol. The molecule has 1 amide bonds. The highest BCUT2D eigenvalue weighted by molar-refractivity contribution is 5.86. The van der Waals surface area contributed by atoms with E-state index in [0.29, 0.717) is 0 Å². The Morgan fingerprint density at radius 1 is 1.11 bits per heavy atom. The third kappa shape index (κ3) is 2.83. The van der Waals surface area contributed by atoms with Crippen molar-refractivity contribution in [3.8, 4) is 23.5 Å². The van der Waals surface area contributed by atoms with Crippen LogP contribution in [0.25, 0.3) is 11.1 Å². The summed E-state index contributed by atoms with van der Waals surface area (Å²) in [5.74, 6) is 1.25. The zero-order valence-corrected chi connectivity index (χ0v) is 14.6. The van der Waals surface area contributed by atoms with Crippen LogP contribution < -0.4 is 5.32 Å². The van der Waals surface area contributed by atoms with Gasteiger partial charge in [0.05, 0.1) is 0 Å². The monoisotopic (exact) mass is 361 g/mol. The van der Waals surface area contributed by atoms with E-state index in [2.05, 4.69) is 23.4 Å². The fourth-order valence-electron chi connectivity index (χ4n) is 4.06. The molecule has 0 bridgehead atoms. The third-order valence-electron chi connectivity index (χ3n) is 5.52. The van der Waals surface area contributed by atoms with Crippen molar-refractivity contribution in [3.63, 3.8) is 0 Å². The lowest BCUT2D eigenvalue weighted by molar-refractivity contribution is -0.149. The second kappa shape index (κ2) is 6.48. The standard InChI is InChI=1S/C22H19NO4/c1-2-14-11-22(12-14,20(24)25)23-21(26)27-13-19-17-9-5-3-7-15(17)16-8-4-6-10-18(16)19/h1,3-10,14,19H,11-13H2,(H,23,26)(H,24,25). The van der Waals surface area contributed by atoms with Gasteiger partial charge in [-0.05, 0) is 35.1 Å². The van der Waals surface area contributed by atoms with E-state index >= 15 is 0 Å². The van der Waals surface area contributed by atoms with Gasteiger partial charge in [-0.2, -0.15) is 0 Å². The van der Waals surface area contributed by atoms with E-state index in [1.54, 1.807) is 0 Å². The number of carbonyl (C=O) groups excluding carboxylic acids is 1. The van der Waals surface area contributed by atoms with Gasteiger partial charge in [-0.1, -0.05) is 48.5 Å². The van der Waals surface area contributed by atoms with Crippen molar-refractivity contribution < 1.29 is 19.4 Å². The summed E-state index contributed by atoms with van der Waals surface area (Å²) >= 11 is 0. The zero-order valence-electron chi connectivity index (χ0n) is 14.6. The molecule has 2 aromatic rings. The van der Waals surface area contributed by atoms with Crippen LogP contribution in [-0.4, -0.2) is 29.3 Å². The normalized spacial score (nSPS) is 22.7. The molecule has 2 N–H and O–H groups in total. The average molecular weight is 361 g/mol. The van der Waals surface area contributed by atoms with Gasteiger partial charge < -0.3 is 15.2 Å². The lowest BCUT2D eigenvalue weighted by atomic mass is 9.68. The molecule has 0 radical (unpaired) electrons. The summed E-state index contributed by atoms with van der Waals surface area (Å²) in [6.07, 6.45) is 5.05. The summed E-state index contributed by atoms with van der Waals surface area (Å²) in [5, 5.41) is 12.0. The van der Waals surface area contributed by atoms with Crippen LogP contribution in [0, 0.1) is 18.3 Å². The van der Waals surface area contributed by atoms with Crippen LogP contribution in [0.5, 0.6) is 0 Å². The number of nitrogens with one attached hydrogen (secondary N) is 1. The smallest absolute Gasteiger partial charge is 0.408 e. The molecule has 0 heterocycles. The second-order valence-electron chi connectivity index (χ2n) is 7.11. The first kappa shape index (κ1) is 17.2. The molecule has 5 nitrogen and oxygen atoms in total. The van der Waals surface area contributed by atoms with Crippen molar-refractivity contribution in [2.45, 2.75) is 24.3 Å². The van der Waals surface area contributed by atoms with Gasteiger partial charge in [0, 0.05) is 11.8 Å².